The average molecular weight is 234 g/mol. The summed E-state index contributed by atoms with van der Waals surface area (Å²) in [4.78, 5) is 0. The van der Waals surface area contributed by atoms with Gasteiger partial charge in [0.15, 0.2) is 0 Å². The van der Waals surface area contributed by atoms with Crippen molar-refractivity contribution in [2.24, 2.45) is 5.92 Å². The van der Waals surface area contributed by atoms with Crippen LogP contribution in [0.5, 0.6) is 0 Å². The first-order valence-electron chi connectivity index (χ1n) is 6.17. The second-order valence-corrected chi connectivity index (χ2v) is 4.62. The first-order valence-corrected chi connectivity index (χ1v) is 6.17. The zero-order valence-corrected chi connectivity index (χ0v) is 10.3. The first-order chi connectivity index (χ1) is 7.52. The number of aliphatic hydroxyl groups is 4. The summed E-state index contributed by atoms with van der Waals surface area (Å²) in [5.74, 6) is 0.146. The monoisotopic (exact) mass is 234 g/mol. The van der Waals surface area contributed by atoms with Gasteiger partial charge in [-0.05, 0) is 25.2 Å². The highest BCUT2D eigenvalue weighted by molar-refractivity contribution is 4.76. The molecule has 0 amide bonds. The van der Waals surface area contributed by atoms with E-state index in [1.54, 1.807) is 0 Å². The molecule has 0 aromatic heterocycles. The fourth-order valence-corrected chi connectivity index (χ4v) is 1.73. The molecule has 4 heteroatoms. The van der Waals surface area contributed by atoms with Crippen LogP contribution in [-0.2, 0) is 0 Å². The van der Waals surface area contributed by atoms with Gasteiger partial charge in [-0.25, -0.2) is 0 Å². The van der Waals surface area contributed by atoms with Crippen LogP contribution in [0.15, 0.2) is 0 Å². The van der Waals surface area contributed by atoms with Crippen molar-refractivity contribution in [1.29, 1.82) is 0 Å². The highest BCUT2D eigenvalue weighted by Gasteiger charge is 2.25. The summed E-state index contributed by atoms with van der Waals surface area (Å²) in [6, 6.07) is 0. The van der Waals surface area contributed by atoms with Crippen LogP contribution in [-0.4, -0.2) is 45.3 Å². The second-order valence-electron chi connectivity index (χ2n) is 4.62. The van der Waals surface area contributed by atoms with E-state index >= 15 is 0 Å². The average Bonchev–Trinajstić information content (AvgIpc) is 2.24. The van der Waals surface area contributed by atoms with E-state index in [9.17, 15) is 15.3 Å². The SMILES string of the molecule is CCCCC(O)C(O)C(O)CC(C)CCO. The first kappa shape index (κ1) is 15.8. The van der Waals surface area contributed by atoms with Gasteiger partial charge in [0.2, 0.25) is 0 Å². The lowest BCUT2D eigenvalue weighted by atomic mass is 9.94. The van der Waals surface area contributed by atoms with E-state index in [0.717, 1.165) is 12.8 Å². The number of unbranched alkanes of at least 4 members (excludes halogenated alkanes) is 1. The third-order valence-electron chi connectivity index (χ3n) is 2.91. The number of hydrogen-bond acceptors (Lipinski definition) is 4. The smallest absolute Gasteiger partial charge is 0.106 e. The molecular formula is C12H26O4. The van der Waals surface area contributed by atoms with Gasteiger partial charge in [0.05, 0.1) is 12.2 Å². The molecule has 4 atom stereocenters. The zero-order valence-electron chi connectivity index (χ0n) is 10.3. The number of rotatable bonds is 9. The molecule has 4 unspecified atom stereocenters. The van der Waals surface area contributed by atoms with Crippen molar-refractivity contribution in [2.45, 2.75) is 64.3 Å². The van der Waals surface area contributed by atoms with E-state index in [2.05, 4.69) is 0 Å². The topological polar surface area (TPSA) is 80.9 Å². The van der Waals surface area contributed by atoms with Crippen molar-refractivity contribution >= 4 is 0 Å². The molecule has 0 saturated heterocycles. The Bertz CT molecular complexity index is 163. The lowest BCUT2D eigenvalue weighted by Gasteiger charge is -2.24. The molecule has 0 saturated carbocycles. The quantitative estimate of drug-likeness (QED) is 0.472. The maximum atomic E-state index is 9.69. The molecule has 0 aromatic rings. The van der Waals surface area contributed by atoms with E-state index in [4.69, 9.17) is 5.11 Å². The Morgan fingerprint density at radius 1 is 1.00 bits per heavy atom. The fraction of sp³-hybridized carbons (Fsp3) is 1.00. The summed E-state index contributed by atoms with van der Waals surface area (Å²) in [5.41, 5.74) is 0. The maximum Gasteiger partial charge on any atom is 0.106 e. The molecule has 98 valence electrons. The highest BCUT2D eigenvalue weighted by atomic mass is 16.4. The normalized spacial score (nSPS) is 19.1. The van der Waals surface area contributed by atoms with Gasteiger partial charge < -0.3 is 20.4 Å². The van der Waals surface area contributed by atoms with Gasteiger partial charge in [-0.1, -0.05) is 26.7 Å². The molecule has 16 heavy (non-hydrogen) atoms. The van der Waals surface area contributed by atoms with Crippen LogP contribution < -0.4 is 0 Å². The molecule has 4 N–H and O–H groups in total. The molecular weight excluding hydrogens is 208 g/mol. The molecule has 0 fully saturated rings. The van der Waals surface area contributed by atoms with E-state index in [1.807, 2.05) is 13.8 Å². The number of aliphatic hydroxyl groups excluding tert-OH is 4. The lowest BCUT2D eigenvalue weighted by Crippen LogP contribution is -2.38. The molecule has 0 spiro atoms. The van der Waals surface area contributed by atoms with Crippen molar-refractivity contribution in [1.82, 2.24) is 0 Å². The van der Waals surface area contributed by atoms with Crippen LogP contribution in [0.4, 0.5) is 0 Å². The Hall–Kier alpha value is -0.160. The Morgan fingerprint density at radius 3 is 2.12 bits per heavy atom. The van der Waals surface area contributed by atoms with Crippen LogP contribution in [0.3, 0.4) is 0 Å². The van der Waals surface area contributed by atoms with Gasteiger partial charge in [-0.2, -0.15) is 0 Å². The molecule has 0 radical (unpaired) electrons. The Morgan fingerprint density at radius 2 is 1.62 bits per heavy atom. The summed E-state index contributed by atoms with van der Waals surface area (Å²) in [5, 5.41) is 37.7. The highest BCUT2D eigenvalue weighted by Crippen LogP contribution is 2.16. The largest absolute Gasteiger partial charge is 0.396 e. The molecule has 0 aliphatic carbocycles. The molecule has 0 heterocycles. The van der Waals surface area contributed by atoms with Crippen LogP contribution in [0.1, 0.15) is 46.0 Å². The van der Waals surface area contributed by atoms with Gasteiger partial charge in [-0.15, -0.1) is 0 Å². The van der Waals surface area contributed by atoms with E-state index < -0.39 is 18.3 Å². The molecule has 0 rings (SSSR count). The predicted octanol–water partition coefficient (Wildman–Crippen LogP) is 0.668. The van der Waals surface area contributed by atoms with Crippen molar-refractivity contribution in [3.05, 3.63) is 0 Å². The van der Waals surface area contributed by atoms with E-state index in [0.29, 0.717) is 19.3 Å². The van der Waals surface area contributed by atoms with Crippen LogP contribution >= 0.6 is 0 Å². The molecule has 0 aromatic carbocycles. The third kappa shape index (κ3) is 6.43. The Labute approximate surface area is 97.9 Å². The van der Waals surface area contributed by atoms with Gasteiger partial charge >= 0.3 is 0 Å². The van der Waals surface area contributed by atoms with E-state index in [1.165, 1.54) is 0 Å². The van der Waals surface area contributed by atoms with Gasteiger partial charge in [0.1, 0.15) is 6.10 Å². The summed E-state index contributed by atoms with van der Waals surface area (Å²) in [7, 11) is 0. The van der Waals surface area contributed by atoms with Crippen LogP contribution in [0.25, 0.3) is 0 Å². The maximum absolute atomic E-state index is 9.69. The minimum atomic E-state index is -1.08. The Balaban J connectivity index is 3.91. The Kier molecular flexibility index (Phi) is 8.84. The third-order valence-corrected chi connectivity index (χ3v) is 2.91. The van der Waals surface area contributed by atoms with Crippen LogP contribution in [0, 0.1) is 5.92 Å². The van der Waals surface area contributed by atoms with E-state index in [-0.39, 0.29) is 12.5 Å². The van der Waals surface area contributed by atoms with Crippen molar-refractivity contribution < 1.29 is 20.4 Å². The lowest BCUT2D eigenvalue weighted by molar-refractivity contribution is -0.0694. The van der Waals surface area contributed by atoms with Crippen molar-refractivity contribution in [2.75, 3.05) is 6.61 Å². The molecule has 0 aliphatic rings. The van der Waals surface area contributed by atoms with Gasteiger partial charge in [0, 0.05) is 6.61 Å². The summed E-state index contributed by atoms with van der Waals surface area (Å²) < 4.78 is 0. The predicted molar refractivity (Wildman–Crippen MR) is 63.0 cm³/mol. The molecule has 4 nitrogen and oxygen atoms in total. The fourth-order valence-electron chi connectivity index (χ4n) is 1.73. The standard InChI is InChI=1S/C12H26O4/c1-3-4-5-10(14)12(16)11(15)8-9(2)6-7-13/h9-16H,3-8H2,1-2H3. The van der Waals surface area contributed by atoms with Gasteiger partial charge in [-0.3, -0.25) is 0 Å². The van der Waals surface area contributed by atoms with Crippen molar-refractivity contribution in [3.8, 4) is 0 Å². The summed E-state index contributed by atoms with van der Waals surface area (Å²) in [6.45, 7) is 4.01. The molecule has 0 aliphatic heterocycles. The minimum absolute atomic E-state index is 0.0857. The number of hydrogen-bond donors (Lipinski definition) is 4. The van der Waals surface area contributed by atoms with Crippen molar-refractivity contribution in [3.63, 3.8) is 0 Å². The second kappa shape index (κ2) is 8.93. The minimum Gasteiger partial charge on any atom is -0.396 e. The van der Waals surface area contributed by atoms with Crippen LogP contribution in [0.2, 0.25) is 0 Å². The summed E-state index contributed by atoms with van der Waals surface area (Å²) in [6.07, 6.45) is 0.498. The van der Waals surface area contributed by atoms with Gasteiger partial charge in [0.25, 0.3) is 0 Å². The molecule has 0 bridgehead atoms. The summed E-state index contributed by atoms with van der Waals surface area (Å²) >= 11 is 0. The zero-order chi connectivity index (χ0) is 12.6.